The first-order valence-electron chi connectivity index (χ1n) is 7.05. The van der Waals surface area contributed by atoms with Gasteiger partial charge in [-0.2, -0.15) is 0 Å². The Hall–Kier alpha value is -0.800. The zero-order valence-electron chi connectivity index (χ0n) is 12.0. The predicted molar refractivity (Wildman–Crippen MR) is 86.8 cm³/mol. The van der Waals surface area contributed by atoms with Gasteiger partial charge >= 0.3 is 0 Å². The number of nitrogens with one attached hydrogen (secondary N) is 1. The maximum atomic E-state index is 3.60. The van der Waals surface area contributed by atoms with E-state index in [1.54, 1.807) is 0 Å². The highest BCUT2D eigenvalue weighted by atomic mass is 79.9. The Balaban J connectivity index is 2.32. The summed E-state index contributed by atoms with van der Waals surface area (Å²) < 4.78 is 1.15. The van der Waals surface area contributed by atoms with E-state index in [9.17, 15) is 0 Å². The topological polar surface area (TPSA) is 15.3 Å². The lowest BCUT2D eigenvalue weighted by molar-refractivity contribution is 0.595. The molecule has 0 radical (unpaired) electrons. The maximum absolute atomic E-state index is 3.60. The molecule has 1 aliphatic heterocycles. The third-order valence-electron chi connectivity index (χ3n) is 3.64. The highest BCUT2D eigenvalue weighted by Gasteiger charge is 2.17. The van der Waals surface area contributed by atoms with Crippen LogP contribution in [-0.2, 0) is 0 Å². The number of rotatable bonds is 4. The molecular formula is C16H23BrN2. The summed E-state index contributed by atoms with van der Waals surface area (Å²) in [6.45, 7) is 9.76. The average Bonchev–Trinajstić information content (AvgIpc) is 2.39. The Morgan fingerprint density at radius 2 is 2.21 bits per heavy atom. The Morgan fingerprint density at radius 3 is 2.89 bits per heavy atom. The molecule has 0 aromatic heterocycles. The molecule has 1 aromatic rings. The van der Waals surface area contributed by atoms with Crippen LogP contribution in [0.25, 0.3) is 0 Å². The minimum absolute atomic E-state index is 0.388. The molecule has 0 amide bonds. The second-order valence-electron chi connectivity index (χ2n) is 5.24. The number of halogens is 1. The molecule has 104 valence electrons. The lowest BCUT2D eigenvalue weighted by Crippen LogP contribution is -2.31. The van der Waals surface area contributed by atoms with Gasteiger partial charge in [-0.25, -0.2) is 0 Å². The van der Waals surface area contributed by atoms with Crippen LogP contribution < -0.4 is 10.2 Å². The van der Waals surface area contributed by atoms with Crippen molar-refractivity contribution >= 4 is 21.6 Å². The number of nitrogens with zero attached hydrogens (tertiary/aromatic N) is 1. The quantitative estimate of drug-likeness (QED) is 0.832. The van der Waals surface area contributed by atoms with Crippen molar-refractivity contribution in [1.82, 2.24) is 5.32 Å². The minimum atomic E-state index is 0.388. The van der Waals surface area contributed by atoms with E-state index in [4.69, 9.17) is 0 Å². The SMILES string of the molecule is CCNC(C)c1ccc(Br)cc1N1CCC=C(C)C1. The van der Waals surface area contributed by atoms with Crippen molar-refractivity contribution in [3.05, 3.63) is 39.9 Å². The van der Waals surface area contributed by atoms with Gasteiger partial charge in [0, 0.05) is 29.3 Å². The Kier molecular flexibility index (Phi) is 5.06. The third kappa shape index (κ3) is 3.61. The second-order valence-corrected chi connectivity index (χ2v) is 6.16. The molecule has 1 atom stereocenters. The first-order chi connectivity index (χ1) is 9.11. The van der Waals surface area contributed by atoms with E-state index in [0.29, 0.717) is 6.04 Å². The normalized spacial score (nSPS) is 17.3. The molecule has 0 aliphatic carbocycles. The predicted octanol–water partition coefficient (Wildman–Crippen LogP) is 4.28. The van der Waals surface area contributed by atoms with Crippen LogP contribution in [0.5, 0.6) is 0 Å². The first kappa shape index (κ1) is 14.6. The molecule has 0 saturated heterocycles. The molecule has 1 unspecified atom stereocenters. The number of hydrogen-bond donors (Lipinski definition) is 1. The van der Waals surface area contributed by atoms with Crippen molar-refractivity contribution in [2.24, 2.45) is 0 Å². The van der Waals surface area contributed by atoms with E-state index in [0.717, 1.165) is 30.5 Å². The van der Waals surface area contributed by atoms with Gasteiger partial charge in [0.1, 0.15) is 0 Å². The molecule has 2 nitrogen and oxygen atoms in total. The molecule has 3 heteroatoms. The van der Waals surface area contributed by atoms with Gasteiger partial charge < -0.3 is 10.2 Å². The highest BCUT2D eigenvalue weighted by Crippen LogP contribution is 2.31. The van der Waals surface area contributed by atoms with Crippen molar-refractivity contribution in [3.8, 4) is 0 Å². The molecule has 0 saturated carbocycles. The van der Waals surface area contributed by atoms with Crippen molar-refractivity contribution in [2.45, 2.75) is 33.2 Å². The van der Waals surface area contributed by atoms with Gasteiger partial charge in [0.05, 0.1) is 0 Å². The van der Waals surface area contributed by atoms with Gasteiger partial charge in [-0.3, -0.25) is 0 Å². The molecule has 2 rings (SSSR count). The number of anilines is 1. The summed E-state index contributed by atoms with van der Waals surface area (Å²) in [5.41, 5.74) is 4.21. The minimum Gasteiger partial charge on any atom is -0.367 e. The van der Waals surface area contributed by atoms with Crippen molar-refractivity contribution in [2.75, 3.05) is 24.5 Å². The van der Waals surface area contributed by atoms with Crippen LogP contribution in [-0.4, -0.2) is 19.6 Å². The Morgan fingerprint density at radius 1 is 1.42 bits per heavy atom. The fraction of sp³-hybridized carbons (Fsp3) is 0.500. The lowest BCUT2D eigenvalue weighted by Gasteiger charge is -2.32. The molecule has 0 fully saturated rings. The number of benzene rings is 1. The summed E-state index contributed by atoms with van der Waals surface area (Å²) in [5.74, 6) is 0. The lowest BCUT2D eigenvalue weighted by atomic mass is 10.0. The molecule has 1 aromatic carbocycles. The Labute approximate surface area is 125 Å². The molecule has 0 bridgehead atoms. The largest absolute Gasteiger partial charge is 0.367 e. The summed E-state index contributed by atoms with van der Waals surface area (Å²) in [5, 5.41) is 3.52. The molecule has 0 spiro atoms. The van der Waals surface area contributed by atoms with Crippen LogP contribution in [0.2, 0.25) is 0 Å². The standard InChI is InChI=1S/C16H23BrN2/c1-4-18-13(3)15-8-7-14(17)10-16(15)19-9-5-6-12(2)11-19/h6-8,10,13,18H,4-5,9,11H2,1-3H3. The first-order valence-corrected chi connectivity index (χ1v) is 7.84. The van der Waals surface area contributed by atoms with Crippen LogP contribution in [0.15, 0.2) is 34.3 Å². The van der Waals surface area contributed by atoms with Gasteiger partial charge in [-0.05, 0) is 44.5 Å². The van der Waals surface area contributed by atoms with Crippen molar-refractivity contribution in [1.29, 1.82) is 0 Å². The summed E-state index contributed by atoms with van der Waals surface area (Å²) in [6.07, 6.45) is 3.50. The van der Waals surface area contributed by atoms with Crippen LogP contribution in [0.4, 0.5) is 5.69 Å². The fourth-order valence-electron chi connectivity index (χ4n) is 2.69. The van der Waals surface area contributed by atoms with E-state index in [1.807, 2.05) is 0 Å². The van der Waals surface area contributed by atoms with E-state index in [2.05, 4.69) is 71.2 Å². The molecule has 1 heterocycles. The van der Waals surface area contributed by atoms with Crippen LogP contribution in [0, 0.1) is 0 Å². The summed E-state index contributed by atoms with van der Waals surface area (Å²) in [4.78, 5) is 2.49. The van der Waals surface area contributed by atoms with Crippen LogP contribution in [0.1, 0.15) is 38.8 Å². The van der Waals surface area contributed by atoms with E-state index in [-0.39, 0.29) is 0 Å². The van der Waals surface area contributed by atoms with Gasteiger partial charge in [-0.1, -0.05) is 40.6 Å². The van der Waals surface area contributed by atoms with Gasteiger partial charge in [0.15, 0.2) is 0 Å². The van der Waals surface area contributed by atoms with E-state index >= 15 is 0 Å². The van der Waals surface area contributed by atoms with Gasteiger partial charge in [0.2, 0.25) is 0 Å². The molecule has 1 aliphatic rings. The maximum Gasteiger partial charge on any atom is 0.0428 e. The average molecular weight is 323 g/mol. The van der Waals surface area contributed by atoms with E-state index < -0.39 is 0 Å². The molecule has 19 heavy (non-hydrogen) atoms. The number of hydrogen-bond acceptors (Lipinski definition) is 2. The highest BCUT2D eigenvalue weighted by molar-refractivity contribution is 9.10. The van der Waals surface area contributed by atoms with Gasteiger partial charge in [0.25, 0.3) is 0 Å². The second kappa shape index (κ2) is 6.58. The summed E-state index contributed by atoms with van der Waals surface area (Å²) in [6, 6.07) is 7.01. The zero-order chi connectivity index (χ0) is 13.8. The smallest absolute Gasteiger partial charge is 0.0428 e. The van der Waals surface area contributed by atoms with Crippen LogP contribution in [0.3, 0.4) is 0 Å². The van der Waals surface area contributed by atoms with Crippen LogP contribution >= 0.6 is 15.9 Å². The van der Waals surface area contributed by atoms with Crippen molar-refractivity contribution in [3.63, 3.8) is 0 Å². The third-order valence-corrected chi connectivity index (χ3v) is 4.14. The Bertz CT molecular complexity index is 468. The van der Waals surface area contributed by atoms with Gasteiger partial charge in [-0.15, -0.1) is 0 Å². The molecule has 1 N–H and O–H groups in total. The fourth-order valence-corrected chi connectivity index (χ4v) is 3.04. The summed E-state index contributed by atoms with van der Waals surface area (Å²) >= 11 is 3.60. The van der Waals surface area contributed by atoms with E-state index in [1.165, 1.54) is 16.8 Å². The van der Waals surface area contributed by atoms with Crippen molar-refractivity contribution < 1.29 is 0 Å². The summed E-state index contributed by atoms with van der Waals surface area (Å²) in [7, 11) is 0. The monoisotopic (exact) mass is 322 g/mol. The molecular weight excluding hydrogens is 300 g/mol. The zero-order valence-corrected chi connectivity index (χ0v) is 13.6.